The second kappa shape index (κ2) is 6.37. The SMILES string of the molecule is CCNC(C)c1cnn(C2CCCC(CC)C2)c1. The maximum atomic E-state index is 4.59. The third kappa shape index (κ3) is 3.14. The fraction of sp³-hybridized carbons (Fsp3) is 0.800. The van der Waals surface area contributed by atoms with Crippen LogP contribution in [0.15, 0.2) is 12.4 Å². The van der Waals surface area contributed by atoms with Crippen molar-refractivity contribution in [3.8, 4) is 0 Å². The van der Waals surface area contributed by atoms with E-state index in [0.717, 1.165) is 12.5 Å². The van der Waals surface area contributed by atoms with Gasteiger partial charge in [-0.05, 0) is 32.2 Å². The van der Waals surface area contributed by atoms with Gasteiger partial charge in [-0.2, -0.15) is 5.10 Å². The fourth-order valence-corrected chi connectivity index (χ4v) is 3.07. The Kier molecular flexibility index (Phi) is 4.81. The molecule has 0 saturated heterocycles. The Bertz CT molecular complexity index is 358. The third-order valence-electron chi connectivity index (χ3n) is 4.34. The maximum absolute atomic E-state index is 4.59. The Morgan fingerprint density at radius 1 is 1.44 bits per heavy atom. The van der Waals surface area contributed by atoms with Crippen LogP contribution in [0.5, 0.6) is 0 Å². The molecule has 1 fully saturated rings. The predicted molar refractivity (Wildman–Crippen MR) is 75.6 cm³/mol. The zero-order valence-corrected chi connectivity index (χ0v) is 12.0. The third-order valence-corrected chi connectivity index (χ3v) is 4.34. The zero-order chi connectivity index (χ0) is 13.0. The first-order valence-electron chi connectivity index (χ1n) is 7.52. The van der Waals surface area contributed by atoms with Crippen LogP contribution in [0.3, 0.4) is 0 Å². The molecule has 0 aliphatic heterocycles. The highest BCUT2D eigenvalue weighted by molar-refractivity contribution is 5.09. The molecule has 1 aromatic heterocycles. The maximum Gasteiger partial charge on any atom is 0.0537 e. The lowest BCUT2D eigenvalue weighted by Crippen LogP contribution is -2.19. The molecule has 2 rings (SSSR count). The van der Waals surface area contributed by atoms with Crippen molar-refractivity contribution < 1.29 is 0 Å². The van der Waals surface area contributed by atoms with Crippen LogP contribution in [-0.4, -0.2) is 16.3 Å². The van der Waals surface area contributed by atoms with Gasteiger partial charge in [0.2, 0.25) is 0 Å². The molecule has 0 radical (unpaired) electrons. The van der Waals surface area contributed by atoms with Crippen molar-refractivity contribution in [2.75, 3.05) is 6.54 Å². The highest BCUT2D eigenvalue weighted by atomic mass is 15.3. The molecule has 0 bridgehead atoms. The summed E-state index contributed by atoms with van der Waals surface area (Å²) in [6.45, 7) is 7.68. The predicted octanol–water partition coefficient (Wildman–Crippen LogP) is 3.69. The minimum absolute atomic E-state index is 0.411. The number of hydrogen-bond donors (Lipinski definition) is 1. The summed E-state index contributed by atoms with van der Waals surface area (Å²) in [6, 6.07) is 1.04. The zero-order valence-electron chi connectivity index (χ0n) is 12.0. The van der Waals surface area contributed by atoms with Crippen LogP contribution in [0.4, 0.5) is 0 Å². The molecule has 1 aliphatic rings. The van der Waals surface area contributed by atoms with Gasteiger partial charge in [-0.15, -0.1) is 0 Å². The summed E-state index contributed by atoms with van der Waals surface area (Å²) in [7, 11) is 0. The van der Waals surface area contributed by atoms with E-state index in [1.807, 2.05) is 6.20 Å². The van der Waals surface area contributed by atoms with E-state index >= 15 is 0 Å². The molecule has 1 aromatic rings. The van der Waals surface area contributed by atoms with Gasteiger partial charge in [-0.3, -0.25) is 4.68 Å². The molecule has 3 heteroatoms. The molecule has 0 spiro atoms. The van der Waals surface area contributed by atoms with E-state index in [9.17, 15) is 0 Å². The van der Waals surface area contributed by atoms with Gasteiger partial charge >= 0.3 is 0 Å². The van der Waals surface area contributed by atoms with Crippen LogP contribution < -0.4 is 5.32 Å². The Morgan fingerprint density at radius 3 is 3.00 bits per heavy atom. The van der Waals surface area contributed by atoms with E-state index in [1.165, 1.54) is 37.7 Å². The number of aromatic nitrogens is 2. The standard InChI is InChI=1S/C15H27N3/c1-4-13-7-6-8-15(9-13)18-11-14(10-17-18)12(3)16-5-2/h10-13,15-16H,4-9H2,1-3H3. The van der Waals surface area contributed by atoms with Gasteiger partial charge in [-0.25, -0.2) is 0 Å². The lowest BCUT2D eigenvalue weighted by Gasteiger charge is -2.28. The lowest BCUT2D eigenvalue weighted by atomic mass is 9.84. The highest BCUT2D eigenvalue weighted by Crippen LogP contribution is 2.34. The molecule has 1 saturated carbocycles. The molecule has 0 amide bonds. The van der Waals surface area contributed by atoms with Gasteiger partial charge in [0.25, 0.3) is 0 Å². The summed E-state index contributed by atoms with van der Waals surface area (Å²) in [5.74, 6) is 0.905. The van der Waals surface area contributed by atoms with E-state index in [0.29, 0.717) is 12.1 Å². The molecule has 102 valence electrons. The van der Waals surface area contributed by atoms with Crippen LogP contribution in [0, 0.1) is 5.92 Å². The summed E-state index contributed by atoms with van der Waals surface area (Å²) in [6.07, 6.45) is 11.0. The molecule has 1 aliphatic carbocycles. The first-order valence-corrected chi connectivity index (χ1v) is 7.52. The Labute approximate surface area is 111 Å². The molecule has 3 nitrogen and oxygen atoms in total. The van der Waals surface area contributed by atoms with Gasteiger partial charge in [0, 0.05) is 17.8 Å². The van der Waals surface area contributed by atoms with E-state index in [4.69, 9.17) is 0 Å². The number of rotatable bonds is 5. The largest absolute Gasteiger partial charge is 0.310 e. The van der Waals surface area contributed by atoms with E-state index in [-0.39, 0.29) is 0 Å². The van der Waals surface area contributed by atoms with E-state index in [1.54, 1.807) is 0 Å². The van der Waals surface area contributed by atoms with Crippen LogP contribution in [-0.2, 0) is 0 Å². The van der Waals surface area contributed by atoms with Gasteiger partial charge < -0.3 is 5.32 Å². The second-order valence-electron chi connectivity index (χ2n) is 5.63. The summed E-state index contributed by atoms with van der Waals surface area (Å²) < 4.78 is 2.21. The van der Waals surface area contributed by atoms with Gasteiger partial charge in [0.05, 0.1) is 12.2 Å². The van der Waals surface area contributed by atoms with Crippen molar-refractivity contribution in [1.29, 1.82) is 0 Å². The normalized spacial score (nSPS) is 26.2. The topological polar surface area (TPSA) is 29.9 Å². The Morgan fingerprint density at radius 2 is 2.28 bits per heavy atom. The quantitative estimate of drug-likeness (QED) is 0.862. The van der Waals surface area contributed by atoms with Gasteiger partial charge in [0.1, 0.15) is 0 Å². The number of nitrogens with zero attached hydrogens (tertiary/aromatic N) is 2. The summed E-state index contributed by atoms with van der Waals surface area (Å²) in [4.78, 5) is 0. The Hall–Kier alpha value is -0.830. The summed E-state index contributed by atoms with van der Waals surface area (Å²) in [5, 5.41) is 8.03. The van der Waals surface area contributed by atoms with Crippen LogP contribution in [0.1, 0.15) is 70.5 Å². The summed E-state index contributed by atoms with van der Waals surface area (Å²) in [5.41, 5.74) is 1.32. The summed E-state index contributed by atoms with van der Waals surface area (Å²) >= 11 is 0. The van der Waals surface area contributed by atoms with Crippen molar-refractivity contribution in [2.45, 2.75) is 65.0 Å². The van der Waals surface area contributed by atoms with Crippen LogP contribution in [0.2, 0.25) is 0 Å². The minimum atomic E-state index is 0.411. The van der Waals surface area contributed by atoms with Gasteiger partial charge in [0.15, 0.2) is 0 Å². The minimum Gasteiger partial charge on any atom is -0.310 e. The van der Waals surface area contributed by atoms with Crippen molar-refractivity contribution in [2.24, 2.45) is 5.92 Å². The fourth-order valence-electron chi connectivity index (χ4n) is 3.07. The van der Waals surface area contributed by atoms with Crippen molar-refractivity contribution in [3.05, 3.63) is 18.0 Å². The molecule has 3 atom stereocenters. The lowest BCUT2D eigenvalue weighted by molar-refractivity contribution is 0.247. The second-order valence-corrected chi connectivity index (χ2v) is 5.63. The smallest absolute Gasteiger partial charge is 0.0537 e. The molecular formula is C15H27N3. The monoisotopic (exact) mass is 249 g/mol. The number of nitrogens with one attached hydrogen (secondary N) is 1. The van der Waals surface area contributed by atoms with Crippen molar-refractivity contribution in [1.82, 2.24) is 15.1 Å². The van der Waals surface area contributed by atoms with Crippen LogP contribution in [0.25, 0.3) is 0 Å². The van der Waals surface area contributed by atoms with Crippen molar-refractivity contribution >= 4 is 0 Å². The average molecular weight is 249 g/mol. The van der Waals surface area contributed by atoms with Crippen LogP contribution >= 0.6 is 0 Å². The molecule has 0 aromatic carbocycles. The van der Waals surface area contributed by atoms with E-state index in [2.05, 4.69) is 42.1 Å². The molecule has 1 heterocycles. The average Bonchev–Trinajstić information content (AvgIpc) is 2.89. The Balaban J connectivity index is 2.00. The van der Waals surface area contributed by atoms with E-state index < -0.39 is 0 Å². The molecule has 18 heavy (non-hydrogen) atoms. The molecule has 1 N–H and O–H groups in total. The molecular weight excluding hydrogens is 222 g/mol. The highest BCUT2D eigenvalue weighted by Gasteiger charge is 2.22. The first-order chi connectivity index (χ1) is 8.74. The molecule has 3 unspecified atom stereocenters. The van der Waals surface area contributed by atoms with Crippen molar-refractivity contribution in [3.63, 3.8) is 0 Å². The first kappa shape index (κ1) is 13.6. The number of hydrogen-bond acceptors (Lipinski definition) is 2. The van der Waals surface area contributed by atoms with Gasteiger partial charge in [-0.1, -0.05) is 33.1 Å².